The molecular formula is C34H38F4O6. The summed E-state index contributed by atoms with van der Waals surface area (Å²) in [4.78, 5) is 12.6. The van der Waals surface area contributed by atoms with E-state index in [4.69, 9.17) is 18.9 Å². The van der Waals surface area contributed by atoms with E-state index in [0.29, 0.717) is 29.0 Å². The van der Waals surface area contributed by atoms with Crippen molar-refractivity contribution < 1.29 is 46.0 Å². The first-order chi connectivity index (χ1) is 21.2. The Morgan fingerprint density at radius 3 is 2.02 bits per heavy atom. The molecule has 10 heteroatoms. The van der Waals surface area contributed by atoms with Crippen molar-refractivity contribution in [3.8, 4) is 28.4 Å². The fourth-order valence-electron chi connectivity index (χ4n) is 4.73. The molecule has 0 aromatic heterocycles. The van der Waals surface area contributed by atoms with Crippen LogP contribution >= 0.6 is 0 Å². The summed E-state index contributed by atoms with van der Waals surface area (Å²) in [6.07, 6.45) is 2.74. The van der Waals surface area contributed by atoms with Crippen LogP contribution < -0.4 is 14.2 Å². The van der Waals surface area contributed by atoms with Gasteiger partial charge in [-0.2, -0.15) is 0 Å². The second-order valence-electron chi connectivity index (χ2n) is 11.0. The minimum Gasteiger partial charge on any atom is -0.494 e. The predicted octanol–water partition coefficient (Wildman–Crippen LogP) is 8.77. The number of benzene rings is 3. The number of alkyl halides is 3. The van der Waals surface area contributed by atoms with Crippen LogP contribution in [0.4, 0.5) is 17.6 Å². The standard InChI is InChI=1S/C34H38F4O6/c1-2-33(23-41-24-33)22-40-19-7-5-3-4-6-8-20-42-28-14-11-26(12-15-28)32(39)43-29-16-9-25(10-17-29)27-13-18-31(30(35)21-27)44-34(36,37)38/h9-18,21H,2-8,19-20,22-24H2,1H3. The number of unbranched alkanes of at least 4 members (excludes halogenated alkanes) is 5. The molecule has 0 bridgehead atoms. The smallest absolute Gasteiger partial charge is 0.494 e. The van der Waals surface area contributed by atoms with Gasteiger partial charge in [0.25, 0.3) is 0 Å². The lowest BCUT2D eigenvalue weighted by molar-refractivity contribution is -0.275. The largest absolute Gasteiger partial charge is 0.573 e. The third kappa shape index (κ3) is 10.2. The van der Waals surface area contributed by atoms with Gasteiger partial charge in [-0.05, 0) is 78.9 Å². The minimum absolute atomic E-state index is 0.255. The zero-order chi connectivity index (χ0) is 31.4. The first kappa shape index (κ1) is 33.3. The molecule has 1 fully saturated rings. The van der Waals surface area contributed by atoms with Crippen molar-refractivity contribution in [2.45, 2.75) is 58.2 Å². The molecule has 1 aliphatic rings. The molecule has 1 aliphatic heterocycles. The molecule has 4 rings (SSSR count). The van der Waals surface area contributed by atoms with E-state index in [2.05, 4.69) is 11.7 Å². The number of hydrogen-bond donors (Lipinski definition) is 0. The van der Waals surface area contributed by atoms with E-state index >= 15 is 0 Å². The van der Waals surface area contributed by atoms with Crippen molar-refractivity contribution in [3.63, 3.8) is 0 Å². The maximum Gasteiger partial charge on any atom is 0.573 e. The van der Waals surface area contributed by atoms with Gasteiger partial charge in [0, 0.05) is 12.0 Å². The SMILES string of the molecule is CCC1(COCCCCCCCCOc2ccc(C(=O)Oc3ccc(-c4ccc(OC(F)(F)F)c(F)c4)cc3)cc2)COC1. The number of hydrogen-bond acceptors (Lipinski definition) is 6. The molecule has 0 N–H and O–H groups in total. The van der Waals surface area contributed by atoms with Gasteiger partial charge in [0.15, 0.2) is 11.6 Å². The second kappa shape index (κ2) is 15.9. The molecule has 3 aromatic carbocycles. The summed E-state index contributed by atoms with van der Waals surface area (Å²) in [6, 6.07) is 16.0. The molecule has 1 heterocycles. The van der Waals surface area contributed by atoms with Crippen LogP contribution in [0.5, 0.6) is 17.2 Å². The zero-order valence-corrected chi connectivity index (χ0v) is 24.8. The molecule has 0 unspecified atom stereocenters. The Morgan fingerprint density at radius 1 is 0.818 bits per heavy atom. The van der Waals surface area contributed by atoms with Crippen molar-refractivity contribution in [1.82, 2.24) is 0 Å². The third-order valence-electron chi connectivity index (χ3n) is 7.57. The molecule has 3 aromatic rings. The van der Waals surface area contributed by atoms with Crippen molar-refractivity contribution >= 4 is 5.97 Å². The molecular weight excluding hydrogens is 580 g/mol. The fraction of sp³-hybridized carbons (Fsp3) is 0.441. The van der Waals surface area contributed by atoms with Gasteiger partial charge in [0.2, 0.25) is 0 Å². The molecule has 0 radical (unpaired) electrons. The van der Waals surface area contributed by atoms with E-state index < -0.39 is 23.9 Å². The van der Waals surface area contributed by atoms with Crippen LogP contribution in [0.25, 0.3) is 11.1 Å². The number of rotatable bonds is 17. The van der Waals surface area contributed by atoms with E-state index in [-0.39, 0.29) is 11.2 Å². The highest BCUT2D eigenvalue weighted by Crippen LogP contribution is 2.32. The van der Waals surface area contributed by atoms with E-state index in [1.165, 1.54) is 24.6 Å². The fourth-order valence-corrected chi connectivity index (χ4v) is 4.73. The van der Waals surface area contributed by atoms with Gasteiger partial charge in [-0.25, -0.2) is 9.18 Å². The first-order valence-electron chi connectivity index (χ1n) is 14.9. The third-order valence-corrected chi connectivity index (χ3v) is 7.57. The molecule has 238 valence electrons. The van der Waals surface area contributed by atoms with Gasteiger partial charge < -0.3 is 23.7 Å². The lowest BCUT2D eigenvalue weighted by Gasteiger charge is -2.40. The normalized spacial score (nSPS) is 14.1. The van der Waals surface area contributed by atoms with Crippen LogP contribution in [0.15, 0.2) is 66.7 Å². The van der Waals surface area contributed by atoms with Crippen LogP contribution in [0.1, 0.15) is 62.2 Å². The van der Waals surface area contributed by atoms with Crippen molar-refractivity contribution in [2.75, 3.05) is 33.0 Å². The minimum atomic E-state index is -4.98. The lowest BCUT2D eigenvalue weighted by atomic mass is 9.84. The summed E-state index contributed by atoms with van der Waals surface area (Å²) in [7, 11) is 0. The monoisotopic (exact) mass is 618 g/mol. The Kier molecular flexibility index (Phi) is 12.0. The summed E-state index contributed by atoms with van der Waals surface area (Å²) in [6.45, 7) is 6.05. The number of carbonyl (C=O) groups is 1. The predicted molar refractivity (Wildman–Crippen MR) is 157 cm³/mol. The Balaban J connectivity index is 1.10. The van der Waals surface area contributed by atoms with Gasteiger partial charge in [-0.3, -0.25) is 0 Å². The second-order valence-corrected chi connectivity index (χ2v) is 11.0. The summed E-state index contributed by atoms with van der Waals surface area (Å²) >= 11 is 0. The van der Waals surface area contributed by atoms with E-state index in [9.17, 15) is 22.4 Å². The maximum atomic E-state index is 14.0. The van der Waals surface area contributed by atoms with Crippen LogP contribution in [0.2, 0.25) is 0 Å². The molecule has 0 aliphatic carbocycles. The molecule has 0 saturated carbocycles. The topological polar surface area (TPSA) is 63.2 Å². The summed E-state index contributed by atoms with van der Waals surface area (Å²) in [5.41, 5.74) is 1.46. The highest BCUT2D eigenvalue weighted by Gasteiger charge is 2.36. The van der Waals surface area contributed by atoms with Crippen molar-refractivity contribution in [2.24, 2.45) is 5.41 Å². The van der Waals surface area contributed by atoms with Crippen molar-refractivity contribution in [3.05, 3.63) is 78.1 Å². The van der Waals surface area contributed by atoms with Gasteiger partial charge in [-0.1, -0.05) is 50.8 Å². The molecule has 1 saturated heterocycles. The van der Waals surface area contributed by atoms with E-state index in [0.717, 1.165) is 77.1 Å². The first-order valence-corrected chi connectivity index (χ1v) is 14.9. The Morgan fingerprint density at radius 2 is 1.43 bits per heavy atom. The van der Waals surface area contributed by atoms with Gasteiger partial charge >= 0.3 is 12.3 Å². The average Bonchev–Trinajstić information content (AvgIpc) is 2.98. The maximum absolute atomic E-state index is 14.0. The highest BCUT2D eigenvalue weighted by atomic mass is 19.4. The van der Waals surface area contributed by atoms with E-state index in [1.54, 1.807) is 36.4 Å². The van der Waals surface area contributed by atoms with Crippen LogP contribution in [0.3, 0.4) is 0 Å². The molecule has 6 nitrogen and oxygen atoms in total. The molecule has 0 amide bonds. The molecule has 44 heavy (non-hydrogen) atoms. The average molecular weight is 619 g/mol. The summed E-state index contributed by atoms with van der Waals surface area (Å²) in [5.74, 6) is -1.68. The lowest BCUT2D eigenvalue weighted by Crippen LogP contribution is -2.45. The van der Waals surface area contributed by atoms with Gasteiger partial charge in [0.1, 0.15) is 11.5 Å². The number of ether oxygens (including phenoxy) is 5. The van der Waals surface area contributed by atoms with Crippen molar-refractivity contribution in [1.29, 1.82) is 0 Å². The summed E-state index contributed by atoms with van der Waals surface area (Å²) in [5, 5.41) is 0. The quantitative estimate of drug-likeness (QED) is 0.0652. The number of esters is 1. The highest BCUT2D eigenvalue weighted by molar-refractivity contribution is 5.91. The van der Waals surface area contributed by atoms with Gasteiger partial charge in [-0.15, -0.1) is 13.2 Å². The molecule has 0 spiro atoms. The Labute approximate surface area is 255 Å². The Bertz CT molecular complexity index is 1320. The van der Waals surface area contributed by atoms with Gasteiger partial charge in [0.05, 0.1) is 32.0 Å². The van der Waals surface area contributed by atoms with E-state index in [1.807, 2.05) is 0 Å². The zero-order valence-electron chi connectivity index (χ0n) is 24.8. The Hall–Kier alpha value is -3.63. The van der Waals surface area contributed by atoms with Crippen LogP contribution in [-0.2, 0) is 9.47 Å². The van der Waals surface area contributed by atoms with Crippen LogP contribution in [-0.4, -0.2) is 45.4 Å². The van der Waals surface area contributed by atoms with Crippen LogP contribution in [0, 0.1) is 11.2 Å². The molecule has 0 atom stereocenters. The number of carbonyl (C=O) groups excluding carboxylic acids is 1. The summed E-state index contributed by atoms with van der Waals surface area (Å²) < 4.78 is 77.2. The number of halogens is 4.